The Morgan fingerprint density at radius 3 is 2.15 bits per heavy atom. The maximum Gasteiger partial charge on any atom is 0.224 e. The molecule has 0 aromatic heterocycles. The molecule has 0 bridgehead atoms. The van der Waals surface area contributed by atoms with Crippen LogP contribution in [0.5, 0.6) is 5.75 Å². The van der Waals surface area contributed by atoms with E-state index < -0.39 is 0 Å². The molecule has 0 heterocycles. The average Bonchev–Trinajstić information content (AvgIpc) is 2.66. The fraction of sp³-hybridized carbons (Fsp3) is 0.333. The molecule has 2 aromatic rings. The van der Waals surface area contributed by atoms with Crippen LogP contribution in [0, 0.1) is 0 Å². The van der Waals surface area contributed by atoms with Crippen molar-refractivity contribution in [1.82, 2.24) is 10.6 Å². The number of nitrogens with one attached hydrogen (secondary N) is 2. The molecule has 2 rings (SSSR count). The van der Waals surface area contributed by atoms with E-state index in [0.717, 1.165) is 23.3 Å². The molecule has 0 saturated carbocycles. The van der Waals surface area contributed by atoms with Crippen LogP contribution < -0.4 is 15.4 Å². The minimum atomic E-state index is -0.0623. The van der Waals surface area contributed by atoms with Gasteiger partial charge in [-0.3, -0.25) is 9.59 Å². The second-order valence-corrected chi connectivity index (χ2v) is 5.94. The van der Waals surface area contributed by atoms with Gasteiger partial charge in [0.1, 0.15) is 5.75 Å². The predicted molar refractivity (Wildman–Crippen MR) is 102 cm³/mol. The van der Waals surface area contributed by atoms with Crippen LogP contribution in [0.2, 0.25) is 0 Å². The number of benzene rings is 2. The maximum atomic E-state index is 11.9. The molecular weight excluding hydrogens is 328 g/mol. The highest BCUT2D eigenvalue weighted by atomic mass is 16.5. The Bertz CT molecular complexity index is 684. The first-order valence-electron chi connectivity index (χ1n) is 8.96. The zero-order valence-corrected chi connectivity index (χ0v) is 15.2. The molecule has 5 nitrogen and oxygen atoms in total. The van der Waals surface area contributed by atoms with Gasteiger partial charge in [0, 0.05) is 19.5 Å². The molecule has 26 heavy (non-hydrogen) atoms. The molecule has 0 aliphatic carbocycles. The molecule has 2 amide bonds. The van der Waals surface area contributed by atoms with Crippen molar-refractivity contribution < 1.29 is 14.3 Å². The summed E-state index contributed by atoms with van der Waals surface area (Å²) >= 11 is 0. The highest BCUT2D eigenvalue weighted by Gasteiger charge is 2.05. The van der Waals surface area contributed by atoms with Crippen LogP contribution in [0.4, 0.5) is 0 Å². The third kappa shape index (κ3) is 7.38. The Labute approximate surface area is 154 Å². The molecule has 0 spiro atoms. The Balaban J connectivity index is 1.58. The van der Waals surface area contributed by atoms with Crippen LogP contribution in [0.25, 0.3) is 0 Å². The lowest BCUT2D eigenvalue weighted by atomic mass is 10.1. The molecule has 0 radical (unpaired) electrons. The first-order chi connectivity index (χ1) is 12.7. The second-order valence-electron chi connectivity index (χ2n) is 5.94. The largest absolute Gasteiger partial charge is 0.494 e. The molecule has 0 fully saturated rings. The van der Waals surface area contributed by atoms with E-state index in [2.05, 4.69) is 10.6 Å². The van der Waals surface area contributed by atoms with Crippen molar-refractivity contribution in [3.63, 3.8) is 0 Å². The number of rotatable bonds is 10. The van der Waals surface area contributed by atoms with Gasteiger partial charge in [0.25, 0.3) is 0 Å². The van der Waals surface area contributed by atoms with Crippen LogP contribution in [0.15, 0.2) is 54.6 Å². The van der Waals surface area contributed by atoms with Crippen molar-refractivity contribution in [2.45, 2.75) is 26.2 Å². The van der Waals surface area contributed by atoms with Crippen LogP contribution in [0.1, 0.15) is 24.5 Å². The summed E-state index contributed by atoms with van der Waals surface area (Å²) in [5.41, 5.74) is 2.07. The zero-order chi connectivity index (χ0) is 18.6. The van der Waals surface area contributed by atoms with Gasteiger partial charge in [-0.05, 0) is 36.6 Å². The molecule has 2 aromatic carbocycles. The SMILES string of the molecule is CCOc1ccc(CC(=O)NCCNC(=O)CCc2ccccc2)cc1. The van der Waals surface area contributed by atoms with Gasteiger partial charge in [0.2, 0.25) is 11.8 Å². The molecule has 0 aliphatic heterocycles. The van der Waals surface area contributed by atoms with Crippen molar-refractivity contribution in [3.05, 3.63) is 65.7 Å². The minimum absolute atomic E-state index is 0.00499. The third-order valence-corrected chi connectivity index (χ3v) is 3.85. The minimum Gasteiger partial charge on any atom is -0.494 e. The Morgan fingerprint density at radius 2 is 1.50 bits per heavy atom. The van der Waals surface area contributed by atoms with Gasteiger partial charge in [0.15, 0.2) is 0 Å². The predicted octanol–water partition coefficient (Wildman–Crippen LogP) is 2.49. The molecule has 0 saturated heterocycles. The van der Waals surface area contributed by atoms with Crippen molar-refractivity contribution in [1.29, 1.82) is 0 Å². The number of hydrogen-bond donors (Lipinski definition) is 2. The number of carbonyl (C=O) groups is 2. The summed E-state index contributed by atoms with van der Waals surface area (Å²) in [6, 6.07) is 17.4. The molecule has 0 aliphatic rings. The van der Waals surface area contributed by atoms with E-state index in [0.29, 0.717) is 32.5 Å². The van der Waals surface area contributed by atoms with Crippen LogP contribution in [0.3, 0.4) is 0 Å². The van der Waals surface area contributed by atoms with Gasteiger partial charge in [-0.1, -0.05) is 42.5 Å². The van der Waals surface area contributed by atoms with Crippen molar-refractivity contribution in [2.75, 3.05) is 19.7 Å². The van der Waals surface area contributed by atoms with Crippen molar-refractivity contribution >= 4 is 11.8 Å². The number of amides is 2. The van der Waals surface area contributed by atoms with E-state index in [-0.39, 0.29) is 11.8 Å². The molecule has 0 atom stereocenters. The first-order valence-corrected chi connectivity index (χ1v) is 8.96. The topological polar surface area (TPSA) is 67.4 Å². The van der Waals surface area contributed by atoms with Crippen LogP contribution >= 0.6 is 0 Å². The van der Waals surface area contributed by atoms with Gasteiger partial charge in [0.05, 0.1) is 13.0 Å². The average molecular weight is 354 g/mol. The summed E-state index contributed by atoms with van der Waals surface area (Å²) in [7, 11) is 0. The highest BCUT2D eigenvalue weighted by molar-refractivity contribution is 5.79. The van der Waals surface area contributed by atoms with E-state index in [4.69, 9.17) is 4.74 Å². The van der Waals surface area contributed by atoms with Crippen molar-refractivity contribution in [2.24, 2.45) is 0 Å². The summed E-state index contributed by atoms with van der Waals surface area (Å²) in [6.45, 7) is 3.41. The molecular formula is C21H26N2O3. The van der Waals surface area contributed by atoms with Crippen molar-refractivity contribution in [3.8, 4) is 5.75 Å². The smallest absolute Gasteiger partial charge is 0.224 e. The fourth-order valence-corrected chi connectivity index (χ4v) is 2.51. The third-order valence-electron chi connectivity index (χ3n) is 3.85. The monoisotopic (exact) mass is 354 g/mol. The Hall–Kier alpha value is -2.82. The van der Waals surface area contributed by atoms with Crippen LogP contribution in [-0.4, -0.2) is 31.5 Å². The van der Waals surface area contributed by atoms with E-state index in [9.17, 15) is 9.59 Å². The molecule has 5 heteroatoms. The van der Waals surface area contributed by atoms with E-state index >= 15 is 0 Å². The summed E-state index contributed by atoms with van der Waals surface area (Å²) in [5.74, 6) is 0.734. The quantitative estimate of drug-likeness (QED) is 0.644. The highest BCUT2D eigenvalue weighted by Crippen LogP contribution is 2.12. The van der Waals surface area contributed by atoms with Crippen LogP contribution in [-0.2, 0) is 22.4 Å². The van der Waals surface area contributed by atoms with Gasteiger partial charge in [-0.15, -0.1) is 0 Å². The fourth-order valence-electron chi connectivity index (χ4n) is 2.51. The molecule has 2 N–H and O–H groups in total. The van der Waals surface area contributed by atoms with E-state index in [1.807, 2.05) is 61.5 Å². The summed E-state index contributed by atoms with van der Waals surface area (Å²) < 4.78 is 5.37. The summed E-state index contributed by atoms with van der Waals surface area (Å²) in [4.78, 5) is 23.7. The zero-order valence-electron chi connectivity index (χ0n) is 15.2. The van der Waals surface area contributed by atoms with E-state index in [1.165, 1.54) is 0 Å². The summed E-state index contributed by atoms with van der Waals surface area (Å²) in [5, 5.41) is 5.64. The Morgan fingerprint density at radius 1 is 0.846 bits per heavy atom. The number of ether oxygens (including phenoxy) is 1. The van der Waals surface area contributed by atoms with Gasteiger partial charge in [-0.2, -0.15) is 0 Å². The second kappa shape index (κ2) is 10.9. The summed E-state index contributed by atoms with van der Waals surface area (Å²) in [6.07, 6.45) is 1.48. The van der Waals surface area contributed by atoms with Gasteiger partial charge >= 0.3 is 0 Å². The number of hydrogen-bond acceptors (Lipinski definition) is 3. The molecule has 0 unspecified atom stereocenters. The first kappa shape index (κ1) is 19.5. The normalized spacial score (nSPS) is 10.2. The number of carbonyl (C=O) groups excluding carboxylic acids is 2. The lowest BCUT2D eigenvalue weighted by Crippen LogP contribution is -2.35. The lowest BCUT2D eigenvalue weighted by molar-refractivity contribution is -0.122. The number of aryl methyl sites for hydroxylation is 1. The Kier molecular flexibility index (Phi) is 8.19. The lowest BCUT2D eigenvalue weighted by Gasteiger charge is -2.08. The molecule has 138 valence electrons. The van der Waals surface area contributed by atoms with Gasteiger partial charge < -0.3 is 15.4 Å². The maximum absolute atomic E-state index is 11.9. The van der Waals surface area contributed by atoms with E-state index in [1.54, 1.807) is 0 Å². The standard InChI is InChI=1S/C21H26N2O3/c1-2-26-19-11-8-18(9-12-19)16-21(25)23-15-14-22-20(24)13-10-17-6-4-3-5-7-17/h3-9,11-12H,2,10,13-16H2,1H3,(H,22,24)(H,23,25). The van der Waals surface area contributed by atoms with Gasteiger partial charge in [-0.25, -0.2) is 0 Å².